The fraction of sp³-hybridized carbons (Fsp3) is 0.353. The van der Waals surface area contributed by atoms with Gasteiger partial charge < -0.3 is 14.5 Å². The highest BCUT2D eigenvalue weighted by molar-refractivity contribution is 7.89. The predicted molar refractivity (Wildman–Crippen MR) is 105 cm³/mol. The van der Waals surface area contributed by atoms with Crippen LogP contribution < -0.4 is 10.5 Å². The SMILES string of the molecule is COC(=O)c1cc([C@H]2CCCN2N=O)c(Cl)c(S(N)(=O)=O)c1NCc1ccco1. The van der Waals surface area contributed by atoms with E-state index in [9.17, 15) is 18.1 Å². The summed E-state index contributed by atoms with van der Waals surface area (Å²) in [5.74, 6) is -0.299. The molecule has 156 valence electrons. The molecule has 1 fully saturated rings. The molecule has 12 heteroatoms. The van der Waals surface area contributed by atoms with E-state index in [4.69, 9.17) is 25.9 Å². The van der Waals surface area contributed by atoms with Crippen molar-refractivity contribution in [2.24, 2.45) is 10.4 Å². The zero-order valence-corrected chi connectivity index (χ0v) is 17.0. The molecule has 3 rings (SSSR count). The van der Waals surface area contributed by atoms with E-state index in [0.717, 1.165) is 0 Å². The average molecular weight is 443 g/mol. The highest BCUT2D eigenvalue weighted by Crippen LogP contribution is 2.43. The number of nitrogens with one attached hydrogen (secondary N) is 1. The van der Waals surface area contributed by atoms with Crippen LogP contribution in [0.3, 0.4) is 0 Å². The molecule has 1 saturated heterocycles. The van der Waals surface area contributed by atoms with Crippen LogP contribution in [-0.4, -0.2) is 33.1 Å². The minimum atomic E-state index is -4.36. The number of hydrogen-bond donors (Lipinski definition) is 2. The number of esters is 1. The topological polar surface area (TPSA) is 144 Å². The monoisotopic (exact) mass is 442 g/mol. The van der Waals surface area contributed by atoms with Gasteiger partial charge in [0.1, 0.15) is 10.7 Å². The number of benzene rings is 1. The summed E-state index contributed by atoms with van der Waals surface area (Å²) in [4.78, 5) is 23.1. The molecule has 29 heavy (non-hydrogen) atoms. The molecule has 1 aromatic carbocycles. The Kier molecular flexibility index (Phi) is 6.10. The Morgan fingerprint density at radius 2 is 2.28 bits per heavy atom. The Labute approximate surface area is 171 Å². The van der Waals surface area contributed by atoms with Crippen molar-refractivity contribution in [2.45, 2.75) is 30.3 Å². The van der Waals surface area contributed by atoms with E-state index < -0.39 is 26.9 Å². The van der Waals surface area contributed by atoms with E-state index in [1.165, 1.54) is 24.4 Å². The van der Waals surface area contributed by atoms with Crippen molar-refractivity contribution in [3.05, 3.63) is 51.3 Å². The van der Waals surface area contributed by atoms with E-state index in [2.05, 4.69) is 10.6 Å². The summed E-state index contributed by atoms with van der Waals surface area (Å²) in [7, 11) is -3.19. The van der Waals surface area contributed by atoms with E-state index in [1.807, 2.05) is 0 Å². The van der Waals surface area contributed by atoms with Crippen LogP contribution in [0.15, 0.2) is 39.1 Å². The molecule has 0 spiro atoms. The van der Waals surface area contributed by atoms with Gasteiger partial charge in [-0.2, -0.15) is 0 Å². The van der Waals surface area contributed by atoms with Gasteiger partial charge in [0, 0.05) is 6.54 Å². The van der Waals surface area contributed by atoms with Crippen molar-refractivity contribution in [3.8, 4) is 0 Å². The normalized spacial score (nSPS) is 16.7. The minimum Gasteiger partial charge on any atom is -0.467 e. The highest BCUT2D eigenvalue weighted by Gasteiger charge is 2.34. The number of nitroso groups, excluding NO2 is 1. The smallest absolute Gasteiger partial charge is 0.340 e. The third-order valence-electron chi connectivity index (χ3n) is 4.65. The fourth-order valence-corrected chi connectivity index (χ4v) is 4.80. The Morgan fingerprint density at radius 1 is 1.52 bits per heavy atom. The first kappa shape index (κ1) is 21.1. The number of anilines is 1. The fourth-order valence-electron chi connectivity index (χ4n) is 3.36. The number of sulfonamides is 1. The van der Waals surface area contributed by atoms with E-state index in [1.54, 1.807) is 12.1 Å². The number of halogens is 1. The molecule has 0 aliphatic carbocycles. The summed E-state index contributed by atoms with van der Waals surface area (Å²) < 4.78 is 34.8. The van der Waals surface area contributed by atoms with Crippen LogP contribution >= 0.6 is 11.6 Å². The Bertz CT molecular complexity index is 1030. The van der Waals surface area contributed by atoms with Crippen LogP contribution in [0.1, 0.15) is 40.6 Å². The maximum absolute atomic E-state index is 12.4. The third-order valence-corrected chi connectivity index (χ3v) is 6.14. The van der Waals surface area contributed by atoms with Gasteiger partial charge in [-0.05, 0) is 36.6 Å². The van der Waals surface area contributed by atoms with Crippen LogP contribution in [0.25, 0.3) is 0 Å². The van der Waals surface area contributed by atoms with E-state index in [0.29, 0.717) is 25.1 Å². The summed E-state index contributed by atoms with van der Waals surface area (Å²) in [5, 5.41) is 12.3. The lowest BCUT2D eigenvalue weighted by atomic mass is 10.0. The van der Waals surface area contributed by atoms with Gasteiger partial charge in [-0.15, -0.1) is 4.91 Å². The van der Waals surface area contributed by atoms with Crippen molar-refractivity contribution in [2.75, 3.05) is 19.0 Å². The molecule has 2 aromatic rings. The predicted octanol–water partition coefficient (Wildman–Crippen LogP) is 2.80. The second-order valence-corrected chi connectivity index (χ2v) is 8.28. The summed E-state index contributed by atoms with van der Waals surface area (Å²) >= 11 is 6.44. The molecule has 0 radical (unpaired) electrons. The third kappa shape index (κ3) is 4.21. The quantitative estimate of drug-likeness (QED) is 0.491. The maximum Gasteiger partial charge on any atom is 0.340 e. The number of hydrogen-bond acceptors (Lipinski definition) is 8. The van der Waals surface area contributed by atoms with E-state index >= 15 is 0 Å². The van der Waals surface area contributed by atoms with Gasteiger partial charge in [0.25, 0.3) is 0 Å². The Morgan fingerprint density at radius 3 is 2.86 bits per heavy atom. The lowest BCUT2D eigenvalue weighted by Crippen LogP contribution is -2.22. The van der Waals surface area contributed by atoms with Gasteiger partial charge in [-0.3, -0.25) is 5.01 Å². The molecule has 0 amide bonds. The summed E-state index contributed by atoms with van der Waals surface area (Å²) in [6, 6.07) is 4.16. The van der Waals surface area contributed by atoms with Gasteiger partial charge in [-0.1, -0.05) is 11.6 Å². The lowest BCUT2D eigenvalue weighted by Gasteiger charge is -2.23. The van der Waals surface area contributed by atoms with E-state index in [-0.39, 0.29) is 28.4 Å². The number of nitrogens with two attached hydrogens (primary N) is 1. The number of nitrogens with zero attached hydrogens (tertiary/aromatic N) is 2. The number of carbonyl (C=O) groups excluding carboxylic acids is 1. The van der Waals surface area contributed by atoms with Gasteiger partial charge >= 0.3 is 5.97 Å². The first-order valence-electron chi connectivity index (χ1n) is 8.61. The van der Waals surface area contributed by atoms with Gasteiger partial charge in [0.05, 0.1) is 47.5 Å². The largest absolute Gasteiger partial charge is 0.467 e. The summed E-state index contributed by atoms with van der Waals surface area (Å²) in [6.07, 6.45) is 2.62. The molecule has 1 aliphatic heterocycles. The summed E-state index contributed by atoms with van der Waals surface area (Å²) in [5.41, 5.74) is 0.0741. The van der Waals surface area contributed by atoms with Crippen LogP contribution in [0.4, 0.5) is 5.69 Å². The number of rotatable bonds is 7. The molecule has 0 bridgehead atoms. The van der Waals surface area contributed by atoms with Gasteiger partial charge in [0.15, 0.2) is 0 Å². The Balaban J connectivity index is 2.21. The Hall–Kier alpha value is -2.63. The number of primary sulfonamides is 1. The standard InChI is InChI=1S/C17H19ClN4O6S/c1-27-17(23)12-8-11(13-5-2-6-22(13)21-24)14(18)16(29(19,25)26)15(12)20-9-10-4-3-7-28-10/h3-4,7-8,13,20H,2,5-6,9H2,1H3,(H2,19,25,26)/t13-/m1/s1. The van der Waals surface area contributed by atoms with Gasteiger partial charge in [-0.25, -0.2) is 18.4 Å². The van der Waals surface area contributed by atoms with Crippen molar-refractivity contribution in [3.63, 3.8) is 0 Å². The molecule has 1 aliphatic rings. The van der Waals surface area contributed by atoms with Crippen LogP contribution in [0.5, 0.6) is 0 Å². The molecule has 0 saturated carbocycles. The second kappa shape index (κ2) is 8.39. The first-order chi connectivity index (χ1) is 13.8. The highest BCUT2D eigenvalue weighted by atomic mass is 35.5. The van der Waals surface area contributed by atoms with Crippen LogP contribution in [-0.2, 0) is 21.3 Å². The molecule has 3 N–H and O–H groups in total. The maximum atomic E-state index is 12.4. The molecule has 0 unspecified atom stereocenters. The van der Waals surface area contributed by atoms with Crippen molar-refractivity contribution >= 4 is 33.3 Å². The van der Waals surface area contributed by atoms with Crippen molar-refractivity contribution < 1.29 is 22.4 Å². The molecule has 10 nitrogen and oxygen atoms in total. The second-order valence-electron chi connectivity index (χ2n) is 6.40. The number of furan rings is 1. The first-order valence-corrected chi connectivity index (χ1v) is 10.5. The summed E-state index contributed by atoms with van der Waals surface area (Å²) in [6.45, 7) is 0.460. The van der Waals surface area contributed by atoms with Crippen molar-refractivity contribution in [1.29, 1.82) is 0 Å². The molecule has 2 heterocycles. The number of methoxy groups -OCH3 is 1. The lowest BCUT2D eigenvalue weighted by molar-refractivity contribution is 0.0601. The molecular formula is C17H19ClN4O6S. The zero-order chi connectivity index (χ0) is 21.2. The van der Waals surface area contributed by atoms with Gasteiger partial charge in [0.2, 0.25) is 10.0 Å². The molecule has 1 atom stereocenters. The number of carbonyl (C=O) groups is 1. The van der Waals surface area contributed by atoms with Crippen LogP contribution in [0, 0.1) is 4.91 Å². The van der Waals surface area contributed by atoms with Crippen LogP contribution in [0.2, 0.25) is 5.02 Å². The minimum absolute atomic E-state index is 0.0701. The molecular weight excluding hydrogens is 424 g/mol. The van der Waals surface area contributed by atoms with Crippen molar-refractivity contribution in [1.82, 2.24) is 5.01 Å². The molecule has 1 aromatic heterocycles. The average Bonchev–Trinajstić information content (AvgIpc) is 3.36. The number of ether oxygens (including phenoxy) is 1. The zero-order valence-electron chi connectivity index (χ0n) is 15.4.